The van der Waals surface area contributed by atoms with E-state index in [0.29, 0.717) is 5.56 Å². The highest BCUT2D eigenvalue weighted by atomic mass is 16.5. The fourth-order valence-electron chi connectivity index (χ4n) is 2.36. The number of hydrogen-bond donors (Lipinski definition) is 1. The van der Waals surface area contributed by atoms with Crippen LogP contribution in [0.4, 0.5) is 5.69 Å². The molecule has 0 spiro atoms. The van der Waals surface area contributed by atoms with Crippen LogP contribution in [0, 0.1) is 20.8 Å². The molecule has 0 saturated heterocycles. The highest BCUT2D eigenvalue weighted by Crippen LogP contribution is 2.20. The number of methoxy groups -OCH3 is 1. The summed E-state index contributed by atoms with van der Waals surface area (Å²) in [6.07, 6.45) is 0. The van der Waals surface area contributed by atoms with Crippen molar-refractivity contribution in [3.05, 3.63) is 52.3 Å². The van der Waals surface area contributed by atoms with E-state index in [0.717, 1.165) is 17.8 Å². The van der Waals surface area contributed by atoms with Gasteiger partial charge in [-0.15, -0.1) is 0 Å². The number of carbonyl (C=O) groups excluding carboxylic acids is 1. The Balaban J connectivity index is 2.19. The largest absolute Gasteiger partial charge is 0.465 e. The number of rotatable bonds is 4. The lowest BCUT2D eigenvalue weighted by Gasteiger charge is -2.11. The van der Waals surface area contributed by atoms with Gasteiger partial charge in [-0.05, 0) is 50.1 Å². The molecule has 4 nitrogen and oxygen atoms in total. The van der Waals surface area contributed by atoms with E-state index in [4.69, 9.17) is 4.74 Å². The summed E-state index contributed by atoms with van der Waals surface area (Å²) in [7, 11) is 3.46. The minimum Gasteiger partial charge on any atom is -0.465 e. The van der Waals surface area contributed by atoms with Gasteiger partial charge >= 0.3 is 5.97 Å². The number of anilines is 1. The van der Waals surface area contributed by atoms with E-state index >= 15 is 0 Å². The topological polar surface area (TPSA) is 43.3 Å². The first-order valence-electron chi connectivity index (χ1n) is 6.98. The van der Waals surface area contributed by atoms with E-state index in [9.17, 15) is 4.79 Å². The van der Waals surface area contributed by atoms with Gasteiger partial charge in [-0.3, -0.25) is 0 Å². The minimum atomic E-state index is -0.315. The van der Waals surface area contributed by atoms with Crippen LogP contribution in [-0.2, 0) is 18.3 Å². The molecule has 112 valence electrons. The first-order chi connectivity index (χ1) is 9.93. The molecule has 4 heteroatoms. The molecule has 1 aromatic carbocycles. The van der Waals surface area contributed by atoms with Crippen LogP contribution in [0.5, 0.6) is 0 Å². The third kappa shape index (κ3) is 3.10. The van der Waals surface area contributed by atoms with Gasteiger partial charge in [-0.25, -0.2) is 4.79 Å². The molecule has 21 heavy (non-hydrogen) atoms. The summed E-state index contributed by atoms with van der Waals surface area (Å²) in [6, 6.07) is 7.73. The summed E-state index contributed by atoms with van der Waals surface area (Å²) >= 11 is 0. The maximum absolute atomic E-state index is 11.6. The zero-order valence-corrected chi connectivity index (χ0v) is 13.3. The smallest absolute Gasteiger partial charge is 0.337 e. The Kier molecular flexibility index (Phi) is 4.36. The van der Waals surface area contributed by atoms with Crippen molar-refractivity contribution in [3.8, 4) is 0 Å². The summed E-state index contributed by atoms with van der Waals surface area (Å²) < 4.78 is 6.94. The maximum Gasteiger partial charge on any atom is 0.337 e. The number of nitrogens with one attached hydrogen (secondary N) is 1. The number of aromatic nitrogens is 1. The van der Waals surface area contributed by atoms with Gasteiger partial charge in [0.2, 0.25) is 0 Å². The Hall–Kier alpha value is -2.23. The highest BCUT2D eigenvalue weighted by Gasteiger charge is 2.09. The fourth-order valence-corrected chi connectivity index (χ4v) is 2.36. The summed E-state index contributed by atoms with van der Waals surface area (Å²) in [4.78, 5) is 11.6. The zero-order valence-electron chi connectivity index (χ0n) is 13.3. The lowest BCUT2D eigenvalue weighted by molar-refractivity contribution is 0.0601. The van der Waals surface area contributed by atoms with Crippen molar-refractivity contribution >= 4 is 11.7 Å². The van der Waals surface area contributed by atoms with Gasteiger partial charge in [0.15, 0.2) is 0 Å². The lowest BCUT2D eigenvalue weighted by Crippen LogP contribution is -2.06. The van der Waals surface area contributed by atoms with Crippen LogP contribution in [-0.4, -0.2) is 17.6 Å². The van der Waals surface area contributed by atoms with Crippen LogP contribution in [0.2, 0.25) is 0 Å². The molecular formula is C17H22N2O2. The quantitative estimate of drug-likeness (QED) is 0.877. The van der Waals surface area contributed by atoms with Gasteiger partial charge in [0.1, 0.15) is 0 Å². The van der Waals surface area contributed by atoms with Gasteiger partial charge in [-0.2, -0.15) is 0 Å². The Morgan fingerprint density at radius 1 is 1.24 bits per heavy atom. The lowest BCUT2D eigenvalue weighted by atomic mass is 10.1. The molecule has 0 aliphatic rings. The average Bonchev–Trinajstić information content (AvgIpc) is 2.73. The van der Waals surface area contributed by atoms with Crippen LogP contribution in [0.3, 0.4) is 0 Å². The van der Waals surface area contributed by atoms with Gasteiger partial charge in [-0.1, -0.05) is 6.07 Å². The van der Waals surface area contributed by atoms with Crippen molar-refractivity contribution in [2.24, 2.45) is 7.05 Å². The summed E-state index contributed by atoms with van der Waals surface area (Å²) in [5.41, 5.74) is 6.38. The van der Waals surface area contributed by atoms with Crippen LogP contribution in [0.25, 0.3) is 0 Å². The van der Waals surface area contributed by atoms with Crippen molar-refractivity contribution in [1.82, 2.24) is 4.57 Å². The predicted octanol–water partition coefficient (Wildman–Crippen LogP) is 3.35. The van der Waals surface area contributed by atoms with E-state index < -0.39 is 0 Å². The zero-order chi connectivity index (χ0) is 15.6. The predicted molar refractivity (Wildman–Crippen MR) is 84.7 cm³/mol. The molecule has 2 rings (SSSR count). The first-order valence-corrected chi connectivity index (χ1v) is 6.98. The summed E-state index contributed by atoms with van der Waals surface area (Å²) in [5.74, 6) is -0.315. The number of benzene rings is 1. The van der Waals surface area contributed by atoms with Gasteiger partial charge in [0, 0.05) is 30.7 Å². The number of aryl methyl sites for hydroxylation is 2. The Labute approximate surface area is 125 Å². The Morgan fingerprint density at radius 3 is 2.52 bits per heavy atom. The number of esters is 1. The van der Waals surface area contributed by atoms with Crippen LogP contribution in [0.15, 0.2) is 24.3 Å². The van der Waals surface area contributed by atoms with E-state index in [2.05, 4.69) is 36.8 Å². The molecule has 1 heterocycles. The van der Waals surface area contributed by atoms with Crippen LogP contribution >= 0.6 is 0 Å². The molecule has 0 atom stereocenters. The van der Waals surface area contributed by atoms with Crippen molar-refractivity contribution in [3.63, 3.8) is 0 Å². The standard InChI is InChI=1S/C17H22N2O2/c1-11-6-7-14(17(20)21-5)9-16(11)18-10-15-8-12(2)19(4)13(15)3/h6-9,18H,10H2,1-5H3. The normalized spacial score (nSPS) is 10.5. The van der Waals surface area contributed by atoms with Crippen LogP contribution in [0.1, 0.15) is 32.9 Å². The second-order valence-corrected chi connectivity index (χ2v) is 5.33. The second-order valence-electron chi connectivity index (χ2n) is 5.33. The maximum atomic E-state index is 11.6. The number of nitrogens with zero attached hydrogens (tertiary/aromatic N) is 1. The molecule has 0 bridgehead atoms. The summed E-state index contributed by atoms with van der Waals surface area (Å²) in [5, 5.41) is 3.41. The highest BCUT2D eigenvalue weighted by molar-refractivity contribution is 5.90. The Morgan fingerprint density at radius 2 is 1.95 bits per heavy atom. The molecule has 0 saturated carbocycles. The molecule has 0 radical (unpaired) electrons. The number of ether oxygens (including phenoxy) is 1. The third-order valence-corrected chi connectivity index (χ3v) is 4.01. The molecule has 0 fully saturated rings. The average molecular weight is 286 g/mol. The minimum absolute atomic E-state index is 0.315. The van der Waals surface area contributed by atoms with E-state index in [1.54, 1.807) is 6.07 Å². The molecule has 0 unspecified atom stereocenters. The number of carbonyl (C=O) groups is 1. The number of hydrogen-bond acceptors (Lipinski definition) is 3. The SMILES string of the molecule is COC(=O)c1ccc(C)c(NCc2cc(C)n(C)c2C)c1. The van der Waals surface area contributed by atoms with E-state index in [-0.39, 0.29) is 5.97 Å². The van der Waals surface area contributed by atoms with Crippen molar-refractivity contribution < 1.29 is 9.53 Å². The van der Waals surface area contributed by atoms with Crippen molar-refractivity contribution in [1.29, 1.82) is 0 Å². The second kappa shape index (κ2) is 6.04. The Bertz CT molecular complexity index is 672. The third-order valence-electron chi connectivity index (χ3n) is 4.01. The van der Waals surface area contributed by atoms with Crippen molar-refractivity contribution in [2.75, 3.05) is 12.4 Å². The summed E-state index contributed by atoms with van der Waals surface area (Å²) in [6.45, 7) is 6.97. The molecule has 0 amide bonds. The fraction of sp³-hybridized carbons (Fsp3) is 0.353. The molecule has 0 aliphatic heterocycles. The van der Waals surface area contributed by atoms with Gasteiger partial charge in [0.05, 0.1) is 12.7 Å². The first kappa shape index (κ1) is 15.2. The molecule has 2 aromatic rings. The van der Waals surface area contributed by atoms with Crippen LogP contribution < -0.4 is 5.32 Å². The van der Waals surface area contributed by atoms with Crippen molar-refractivity contribution in [2.45, 2.75) is 27.3 Å². The monoisotopic (exact) mass is 286 g/mol. The van der Waals surface area contributed by atoms with Gasteiger partial charge < -0.3 is 14.6 Å². The molecular weight excluding hydrogens is 264 g/mol. The van der Waals surface area contributed by atoms with Gasteiger partial charge in [0.25, 0.3) is 0 Å². The molecule has 1 aromatic heterocycles. The molecule has 1 N–H and O–H groups in total. The van der Waals surface area contributed by atoms with E-state index in [1.807, 2.05) is 19.1 Å². The van der Waals surface area contributed by atoms with E-state index in [1.165, 1.54) is 24.1 Å². The molecule has 0 aliphatic carbocycles.